The maximum absolute atomic E-state index is 12.5. The van der Waals surface area contributed by atoms with Gasteiger partial charge in [0, 0.05) is 17.3 Å². The molecule has 0 aliphatic carbocycles. The molecule has 180 valence electrons. The summed E-state index contributed by atoms with van der Waals surface area (Å²) in [5, 5.41) is 2.52. The van der Waals surface area contributed by atoms with Crippen LogP contribution < -0.4 is 14.8 Å². The molecule has 0 bridgehead atoms. The molecule has 10 heteroatoms. The zero-order chi connectivity index (χ0) is 24.8. The number of ether oxygens (including phenoxy) is 3. The van der Waals surface area contributed by atoms with Gasteiger partial charge in [0.1, 0.15) is 0 Å². The molecule has 1 fully saturated rings. The number of halogens is 1. The Bertz CT molecular complexity index is 1150. The van der Waals surface area contributed by atoms with Crippen LogP contribution in [0.5, 0.6) is 11.5 Å². The van der Waals surface area contributed by atoms with Gasteiger partial charge in [0.25, 0.3) is 17.1 Å². The van der Waals surface area contributed by atoms with Gasteiger partial charge in [-0.05, 0) is 72.6 Å². The number of thioether (sulfide) groups is 1. The predicted octanol–water partition coefficient (Wildman–Crippen LogP) is 4.77. The second-order valence-corrected chi connectivity index (χ2v) is 9.27. The monoisotopic (exact) mass is 548 g/mol. The fraction of sp³-hybridized carbons (Fsp3) is 0.292. The summed E-state index contributed by atoms with van der Waals surface area (Å²) in [6, 6.07) is 8.77. The fourth-order valence-electron chi connectivity index (χ4n) is 3.17. The zero-order valence-electron chi connectivity index (χ0n) is 19.3. The topological polar surface area (TPSA) is 94.2 Å². The third-order valence-electron chi connectivity index (χ3n) is 5.23. The van der Waals surface area contributed by atoms with E-state index in [9.17, 15) is 14.4 Å². The van der Waals surface area contributed by atoms with E-state index in [4.69, 9.17) is 14.2 Å². The maximum atomic E-state index is 12.5. The van der Waals surface area contributed by atoms with E-state index in [1.807, 2.05) is 26.0 Å². The van der Waals surface area contributed by atoms with Crippen LogP contribution in [0.15, 0.2) is 39.7 Å². The summed E-state index contributed by atoms with van der Waals surface area (Å²) < 4.78 is 17.0. The molecule has 0 unspecified atom stereocenters. The number of carbonyl (C=O) groups excluding carboxylic acids is 3. The second-order valence-electron chi connectivity index (χ2n) is 7.42. The average Bonchev–Trinajstić information content (AvgIpc) is 3.09. The number of anilines is 1. The largest absolute Gasteiger partial charge is 0.493 e. The van der Waals surface area contributed by atoms with E-state index >= 15 is 0 Å². The summed E-state index contributed by atoms with van der Waals surface area (Å²) in [6.07, 6.45) is 1.62. The van der Waals surface area contributed by atoms with Crippen molar-refractivity contribution in [1.29, 1.82) is 0 Å². The van der Waals surface area contributed by atoms with Gasteiger partial charge in [-0.3, -0.25) is 19.3 Å². The minimum Gasteiger partial charge on any atom is -0.493 e. The first-order chi connectivity index (χ1) is 16.2. The summed E-state index contributed by atoms with van der Waals surface area (Å²) in [4.78, 5) is 38.5. The molecule has 0 aromatic heterocycles. The number of carbonyl (C=O) groups is 3. The van der Waals surface area contributed by atoms with Gasteiger partial charge in [-0.25, -0.2) is 0 Å². The van der Waals surface area contributed by atoms with Crippen LogP contribution >= 0.6 is 27.7 Å². The SMILES string of the molecule is COCCN1C(=O)S/C(=C/c2ccc(OCC(=O)Nc3ccc(Br)c(C)c3C)c(OC)c2)C1=O. The lowest BCUT2D eigenvalue weighted by Crippen LogP contribution is -2.31. The minimum absolute atomic E-state index is 0.204. The van der Waals surface area contributed by atoms with Crippen molar-refractivity contribution in [3.63, 3.8) is 0 Å². The Morgan fingerprint density at radius 3 is 2.59 bits per heavy atom. The number of benzene rings is 2. The summed E-state index contributed by atoms with van der Waals surface area (Å²) in [5.41, 5.74) is 3.40. The summed E-state index contributed by atoms with van der Waals surface area (Å²) >= 11 is 4.35. The standard InChI is InChI=1S/C24H25BrN2O6S/c1-14-15(2)18(7-6-17(14)25)26-22(28)13-33-19-8-5-16(11-20(19)32-4)12-21-23(29)27(9-10-31-3)24(30)34-21/h5-8,11-12H,9-10,13H2,1-4H3,(H,26,28)/b21-12+. The number of nitrogens with zero attached hydrogens (tertiary/aromatic N) is 1. The van der Waals surface area contributed by atoms with E-state index in [2.05, 4.69) is 21.2 Å². The molecule has 0 atom stereocenters. The van der Waals surface area contributed by atoms with Crippen molar-refractivity contribution in [2.24, 2.45) is 0 Å². The van der Waals surface area contributed by atoms with Gasteiger partial charge in [-0.15, -0.1) is 0 Å². The number of methoxy groups -OCH3 is 2. The van der Waals surface area contributed by atoms with Crippen LogP contribution in [0, 0.1) is 13.8 Å². The van der Waals surface area contributed by atoms with Crippen molar-refractivity contribution < 1.29 is 28.6 Å². The first-order valence-corrected chi connectivity index (χ1v) is 12.0. The molecular formula is C24H25BrN2O6S. The number of amides is 3. The molecule has 1 saturated heterocycles. The van der Waals surface area contributed by atoms with Crippen LogP contribution in [0.2, 0.25) is 0 Å². The third-order valence-corrected chi connectivity index (χ3v) is 7.00. The number of hydrogen-bond donors (Lipinski definition) is 1. The molecule has 34 heavy (non-hydrogen) atoms. The van der Waals surface area contributed by atoms with E-state index in [0.29, 0.717) is 22.0 Å². The third kappa shape index (κ3) is 5.99. The van der Waals surface area contributed by atoms with E-state index in [-0.39, 0.29) is 36.8 Å². The van der Waals surface area contributed by atoms with Gasteiger partial charge in [0.2, 0.25) is 0 Å². The molecular weight excluding hydrogens is 524 g/mol. The average molecular weight is 549 g/mol. The number of nitrogens with one attached hydrogen (secondary N) is 1. The van der Waals surface area contributed by atoms with Crippen molar-refractivity contribution in [2.45, 2.75) is 13.8 Å². The zero-order valence-corrected chi connectivity index (χ0v) is 21.7. The van der Waals surface area contributed by atoms with E-state index in [0.717, 1.165) is 37.9 Å². The highest BCUT2D eigenvalue weighted by Gasteiger charge is 2.34. The van der Waals surface area contributed by atoms with E-state index in [1.165, 1.54) is 14.2 Å². The molecule has 2 aromatic carbocycles. The lowest BCUT2D eigenvalue weighted by Gasteiger charge is -2.14. The molecule has 2 aromatic rings. The van der Waals surface area contributed by atoms with Crippen molar-refractivity contribution in [3.05, 3.63) is 56.4 Å². The molecule has 3 rings (SSSR count). The normalized spacial score (nSPS) is 14.6. The number of hydrogen-bond acceptors (Lipinski definition) is 7. The van der Waals surface area contributed by atoms with Crippen LogP contribution in [0.25, 0.3) is 6.08 Å². The van der Waals surface area contributed by atoms with Gasteiger partial charge in [0.05, 0.1) is 25.2 Å². The number of rotatable bonds is 9. The quantitative estimate of drug-likeness (QED) is 0.451. The highest BCUT2D eigenvalue weighted by Crippen LogP contribution is 2.34. The van der Waals surface area contributed by atoms with Crippen LogP contribution in [-0.2, 0) is 14.3 Å². The Balaban J connectivity index is 1.67. The van der Waals surface area contributed by atoms with Crippen LogP contribution in [0.1, 0.15) is 16.7 Å². The first kappa shape index (κ1) is 25.8. The Kier molecular flexibility index (Phi) is 8.76. The van der Waals surface area contributed by atoms with Crippen LogP contribution in [-0.4, -0.2) is 55.9 Å². The summed E-state index contributed by atoms with van der Waals surface area (Å²) in [6.45, 7) is 4.18. The summed E-state index contributed by atoms with van der Waals surface area (Å²) in [5.74, 6) is 0.115. The van der Waals surface area contributed by atoms with Crippen molar-refractivity contribution in [2.75, 3.05) is 39.3 Å². The second kappa shape index (κ2) is 11.5. The highest BCUT2D eigenvalue weighted by molar-refractivity contribution is 9.10. The van der Waals surface area contributed by atoms with Gasteiger partial charge < -0.3 is 19.5 Å². The smallest absolute Gasteiger partial charge is 0.293 e. The lowest BCUT2D eigenvalue weighted by molar-refractivity contribution is -0.123. The van der Waals surface area contributed by atoms with Crippen LogP contribution in [0.4, 0.5) is 10.5 Å². The van der Waals surface area contributed by atoms with Gasteiger partial charge >= 0.3 is 0 Å². The maximum Gasteiger partial charge on any atom is 0.293 e. The molecule has 1 N–H and O–H groups in total. The highest BCUT2D eigenvalue weighted by atomic mass is 79.9. The molecule has 1 heterocycles. The molecule has 3 amide bonds. The van der Waals surface area contributed by atoms with E-state index < -0.39 is 0 Å². The lowest BCUT2D eigenvalue weighted by atomic mass is 10.1. The van der Waals surface area contributed by atoms with Crippen LogP contribution in [0.3, 0.4) is 0 Å². The van der Waals surface area contributed by atoms with Crippen molar-refractivity contribution in [3.8, 4) is 11.5 Å². The van der Waals surface area contributed by atoms with E-state index in [1.54, 1.807) is 24.3 Å². The molecule has 0 radical (unpaired) electrons. The number of imide groups is 1. The predicted molar refractivity (Wildman–Crippen MR) is 135 cm³/mol. The summed E-state index contributed by atoms with van der Waals surface area (Å²) in [7, 11) is 3.00. The van der Waals surface area contributed by atoms with Gasteiger partial charge in [0.15, 0.2) is 18.1 Å². The van der Waals surface area contributed by atoms with Crippen molar-refractivity contribution >= 4 is 56.5 Å². The van der Waals surface area contributed by atoms with Gasteiger partial charge in [-0.2, -0.15) is 0 Å². The minimum atomic E-state index is -0.360. The molecule has 8 nitrogen and oxygen atoms in total. The Morgan fingerprint density at radius 1 is 1.12 bits per heavy atom. The fourth-order valence-corrected chi connectivity index (χ4v) is 4.47. The Hall–Kier alpha value is -2.82. The van der Waals surface area contributed by atoms with Crippen molar-refractivity contribution in [1.82, 2.24) is 4.90 Å². The molecule has 1 aliphatic heterocycles. The Morgan fingerprint density at radius 2 is 1.88 bits per heavy atom. The molecule has 0 spiro atoms. The molecule has 0 saturated carbocycles. The Labute approximate surface area is 210 Å². The molecule has 1 aliphatic rings. The van der Waals surface area contributed by atoms with Gasteiger partial charge in [-0.1, -0.05) is 22.0 Å². The first-order valence-electron chi connectivity index (χ1n) is 10.4.